The monoisotopic (exact) mass is 421 g/mol. The fourth-order valence-corrected chi connectivity index (χ4v) is 4.43. The molecule has 0 fully saturated rings. The number of methoxy groups -OCH3 is 2. The average molecular weight is 422 g/mol. The normalized spacial score (nSPS) is 10.9. The molecular weight excluding hydrogens is 398 g/mol. The van der Waals surface area contributed by atoms with Gasteiger partial charge in [-0.1, -0.05) is 36.4 Å². The Balaban J connectivity index is 1.50. The lowest BCUT2D eigenvalue weighted by atomic mass is 10.2. The van der Waals surface area contributed by atoms with Crippen LogP contribution in [0.4, 0.5) is 0 Å². The summed E-state index contributed by atoms with van der Waals surface area (Å²) in [5.41, 5.74) is 3.04. The van der Waals surface area contributed by atoms with Crippen molar-refractivity contribution in [3.8, 4) is 11.5 Å². The summed E-state index contributed by atoms with van der Waals surface area (Å²) in [6.07, 6.45) is 0. The second kappa shape index (κ2) is 8.59. The molecule has 0 aliphatic carbocycles. The number of thiophene rings is 1. The topological polar surface area (TPSA) is 65.4 Å². The van der Waals surface area contributed by atoms with Crippen molar-refractivity contribution >= 4 is 27.5 Å². The number of benzene rings is 2. The van der Waals surface area contributed by atoms with E-state index in [1.54, 1.807) is 14.2 Å². The van der Waals surface area contributed by atoms with E-state index < -0.39 is 0 Å². The first-order valence-corrected chi connectivity index (χ1v) is 10.4. The van der Waals surface area contributed by atoms with Crippen molar-refractivity contribution < 1.29 is 14.3 Å². The number of nitrogens with zero attached hydrogens (tertiary/aromatic N) is 2. The Morgan fingerprint density at radius 3 is 2.53 bits per heavy atom. The highest BCUT2D eigenvalue weighted by molar-refractivity contribution is 7.20. The lowest BCUT2D eigenvalue weighted by Crippen LogP contribution is -2.21. The van der Waals surface area contributed by atoms with Crippen LogP contribution in [0.5, 0.6) is 11.5 Å². The molecule has 0 saturated heterocycles. The minimum absolute atomic E-state index is 0.100. The number of ether oxygens (including phenoxy) is 2. The smallest absolute Gasteiger partial charge is 0.261 e. The van der Waals surface area contributed by atoms with E-state index in [0.29, 0.717) is 29.5 Å². The van der Waals surface area contributed by atoms with E-state index in [1.165, 1.54) is 16.9 Å². The van der Waals surface area contributed by atoms with Gasteiger partial charge in [-0.25, -0.2) is 0 Å². The van der Waals surface area contributed by atoms with Crippen LogP contribution in [-0.4, -0.2) is 29.9 Å². The van der Waals surface area contributed by atoms with Gasteiger partial charge >= 0.3 is 0 Å². The Labute approximate surface area is 179 Å². The number of hydrogen-bond acceptors (Lipinski definition) is 5. The van der Waals surface area contributed by atoms with Gasteiger partial charge in [0.25, 0.3) is 5.91 Å². The van der Waals surface area contributed by atoms with Crippen LogP contribution in [0.1, 0.15) is 26.5 Å². The number of nitrogens with one attached hydrogen (secondary N) is 1. The maximum absolute atomic E-state index is 12.8. The number of aromatic nitrogens is 2. The molecule has 30 heavy (non-hydrogen) atoms. The summed E-state index contributed by atoms with van der Waals surface area (Å²) < 4.78 is 12.6. The second-order valence-corrected chi connectivity index (χ2v) is 7.96. The van der Waals surface area contributed by atoms with Crippen molar-refractivity contribution in [2.24, 2.45) is 0 Å². The molecule has 6 nitrogen and oxygen atoms in total. The predicted molar refractivity (Wildman–Crippen MR) is 119 cm³/mol. The minimum Gasteiger partial charge on any atom is -0.493 e. The van der Waals surface area contributed by atoms with Gasteiger partial charge < -0.3 is 14.8 Å². The van der Waals surface area contributed by atoms with Crippen molar-refractivity contribution in [2.45, 2.75) is 20.0 Å². The van der Waals surface area contributed by atoms with Gasteiger partial charge in [-0.2, -0.15) is 5.10 Å². The molecule has 2 heterocycles. The van der Waals surface area contributed by atoms with Crippen molar-refractivity contribution in [1.29, 1.82) is 0 Å². The van der Waals surface area contributed by atoms with Gasteiger partial charge in [0.15, 0.2) is 11.5 Å². The van der Waals surface area contributed by atoms with E-state index in [9.17, 15) is 4.79 Å². The number of carbonyl (C=O) groups excluding carboxylic acids is 1. The van der Waals surface area contributed by atoms with Crippen molar-refractivity contribution in [3.63, 3.8) is 0 Å². The molecule has 2 aromatic carbocycles. The number of fused-ring (bicyclic) bond motifs is 1. The molecule has 7 heteroatoms. The Kier molecular flexibility index (Phi) is 5.72. The maximum atomic E-state index is 12.8. The van der Waals surface area contributed by atoms with E-state index in [2.05, 4.69) is 22.5 Å². The standard InChI is InChI=1S/C23H23N3O3S/c1-15-18-12-21(30-23(18)26(25-15)14-16-7-5-4-6-8-16)22(27)24-13-17-9-10-19(28-2)20(11-17)29-3/h4-12H,13-14H2,1-3H3,(H,24,27). The highest BCUT2D eigenvalue weighted by Gasteiger charge is 2.16. The van der Waals surface area contributed by atoms with Crippen molar-refractivity contribution in [2.75, 3.05) is 14.2 Å². The van der Waals surface area contributed by atoms with Crippen LogP contribution in [0.3, 0.4) is 0 Å². The largest absolute Gasteiger partial charge is 0.493 e. The first-order valence-electron chi connectivity index (χ1n) is 9.59. The molecular formula is C23H23N3O3S. The third-order valence-corrected chi connectivity index (χ3v) is 6.05. The SMILES string of the molecule is COc1ccc(CNC(=O)c2cc3c(C)nn(Cc4ccccc4)c3s2)cc1OC. The first-order chi connectivity index (χ1) is 14.6. The molecule has 0 aliphatic rings. The quantitative estimate of drug-likeness (QED) is 0.480. The minimum atomic E-state index is -0.100. The molecule has 1 amide bonds. The molecule has 4 rings (SSSR count). The summed E-state index contributed by atoms with van der Waals surface area (Å²) >= 11 is 1.46. The van der Waals surface area contributed by atoms with Gasteiger partial charge in [0.05, 0.1) is 31.3 Å². The number of aryl methyl sites for hydroxylation is 1. The molecule has 1 N–H and O–H groups in total. The van der Waals surface area contributed by atoms with Crippen LogP contribution in [0.25, 0.3) is 10.2 Å². The summed E-state index contributed by atoms with van der Waals surface area (Å²) in [5, 5.41) is 8.65. The van der Waals surface area contributed by atoms with Crippen molar-refractivity contribution in [1.82, 2.24) is 15.1 Å². The van der Waals surface area contributed by atoms with Crippen LogP contribution in [0, 0.1) is 6.92 Å². The Hall–Kier alpha value is -3.32. The van der Waals surface area contributed by atoms with E-state index >= 15 is 0 Å². The third-order valence-electron chi connectivity index (χ3n) is 4.91. The molecule has 0 aliphatic heterocycles. The summed E-state index contributed by atoms with van der Waals surface area (Å²) in [6.45, 7) is 3.06. The second-order valence-electron chi connectivity index (χ2n) is 6.93. The molecule has 0 unspecified atom stereocenters. The Morgan fingerprint density at radius 2 is 1.80 bits per heavy atom. The lowest BCUT2D eigenvalue weighted by Gasteiger charge is -2.10. The van der Waals surface area contributed by atoms with Crippen LogP contribution < -0.4 is 14.8 Å². The fourth-order valence-electron chi connectivity index (χ4n) is 3.35. The predicted octanol–water partition coefficient (Wildman–Crippen LogP) is 4.40. The summed E-state index contributed by atoms with van der Waals surface area (Å²) in [7, 11) is 3.19. The number of rotatable bonds is 7. The summed E-state index contributed by atoms with van der Waals surface area (Å²) in [6, 6.07) is 17.7. The lowest BCUT2D eigenvalue weighted by molar-refractivity contribution is 0.0955. The molecule has 4 aromatic rings. The van der Waals surface area contributed by atoms with Gasteiger partial charge in [-0.3, -0.25) is 9.48 Å². The van der Waals surface area contributed by atoms with Crippen LogP contribution in [0.2, 0.25) is 0 Å². The molecule has 154 valence electrons. The Bertz CT molecular complexity index is 1180. The zero-order valence-electron chi connectivity index (χ0n) is 17.1. The van der Waals surface area contributed by atoms with Crippen LogP contribution >= 0.6 is 11.3 Å². The molecule has 0 saturated carbocycles. The summed E-state index contributed by atoms with van der Waals surface area (Å²) in [5.74, 6) is 1.20. The van der Waals surface area contributed by atoms with Gasteiger partial charge in [-0.05, 0) is 36.2 Å². The molecule has 0 radical (unpaired) electrons. The molecule has 2 aromatic heterocycles. The molecule has 0 bridgehead atoms. The summed E-state index contributed by atoms with van der Waals surface area (Å²) in [4.78, 5) is 14.4. The Morgan fingerprint density at radius 1 is 1.03 bits per heavy atom. The van der Waals surface area contributed by atoms with E-state index in [-0.39, 0.29) is 5.91 Å². The zero-order chi connectivity index (χ0) is 21.1. The highest BCUT2D eigenvalue weighted by Crippen LogP contribution is 2.30. The van der Waals surface area contributed by atoms with Crippen LogP contribution in [-0.2, 0) is 13.1 Å². The van der Waals surface area contributed by atoms with E-state index in [4.69, 9.17) is 9.47 Å². The highest BCUT2D eigenvalue weighted by atomic mass is 32.1. The van der Waals surface area contributed by atoms with Gasteiger partial charge in [0.1, 0.15) is 4.83 Å². The first kappa shape index (κ1) is 20.0. The van der Waals surface area contributed by atoms with E-state index in [0.717, 1.165) is 21.5 Å². The number of carbonyl (C=O) groups is 1. The fraction of sp³-hybridized carbons (Fsp3) is 0.217. The van der Waals surface area contributed by atoms with Gasteiger partial charge in [-0.15, -0.1) is 11.3 Å². The average Bonchev–Trinajstić information content (AvgIpc) is 3.34. The molecule has 0 atom stereocenters. The van der Waals surface area contributed by atoms with Gasteiger partial charge in [0.2, 0.25) is 0 Å². The molecule has 0 spiro atoms. The number of hydrogen-bond donors (Lipinski definition) is 1. The van der Waals surface area contributed by atoms with Crippen molar-refractivity contribution in [3.05, 3.63) is 76.3 Å². The zero-order valence-corrected chi connectivity index (χ0v) is 18.0. The maximum Gasteiger partial charge on any atom is 0.261 e. The number of amides is 1. The van der Waals surface area contributed by atoms with Crippen LogP contribution in [0.15, 0.2) is 54.6 Å². The third kappa shape index (κ3) is 4.02. The van der Waals surface area contributed by atoms with Gasteiger partial charge in [0, 0.05) is 11.9 Å². The van der Waals surface area contributed by atoms with E-state index in [1.807, 2.05) is 54.1 Å².